The number of nitrogens with one attached hydrogen (secondary N) is 1. The zero-order valence-electron chi connectivity index (χ0n) is 16.4. The predicted molar refractivity (Wildman–Crippen MR) is 109 cm³/mol. The number of fused-ring (bicyclic) bond motifs is 1. The van der Waals surface area contributed by atoms with Gasteiger partial charge in [0, 0.05) is 5.56 Å². The lowest BCUT2D eigenvalue weighted by Gasteiger charge is -2.32. The second-order valence-corrected chi connectivity index (χ2v) is 7.01. The van der Waals surface area contributed by atoms with E-state index < -0.39 is 0 Å². The van der Waals surface area contributed by atoms with Crippen LogP contribution in [0.1, 0.15) is 36.6 Å². The van der Waals surface area contributed by atoms with E-state index >= 15 is 0 Å². The minimum Gasteiger partial charge on any atom is -0.493 e. The van der Waals surface area contributed by atoms with Gasteiger partial charge in [-0.15, -0.1) is 0 Å². The molecule has 1 aliphatic rings. The molecule has 0 saturated heterocycles. The number of hydrogen-bond acceptors (Lipinski definition) is 7. The highest BCUT2D eigenvalue weighted by Gasteiger charge is 2.33. The monoisotopic (exact) mass is 415 g/mol. The van der Waals surface area contributed by atoms with Gasteiger partial charge in [0.2, 0.25) is 5.95 Å². The van der Waals surface area contributed by atoms with Crippen molar-refractivity contribution in [3.8, 4) is 17.2 Å². The van der Waals surface area contributed by atoms with Crippen molar-refractivity contribution < 1.29 is 14.2 Å². The molecule has 1 aromatic heterocycles. The van der Waals surface area contributed by atoms with E-state index in [0.717, 1.165) is 11.1 Å². The van der Waals surface area contributed by atoms with Crippen LogP contribution >= 0.6 is 11.6 Å². The lowest BCUT2D eigenvalue weighted by Crippen LogP contribution is -2.28. The molecule has 2 atom stereocenters. The molecule has 0 amide bonds. The lowest BCUT2D eigenvalue weighted by atomic mass is 9.92. The Morgan fingerprint density at radius 2 is 2.03 bits per heavy atom. The molecule has 0 saturated carbocycles. The number of aromatic nitrogens is 4. The van der Waals surface area contributed by atoms with Gasteiger partial charge in [0.1, 0.15) is 5.75 Å². The number of anilines is 1. The molecule has 0 fully saturated rings. The summed E-state index contributed by atoms with van der Waals surface area (Å²) in [6.07, 6.45) is 0.700. The van der Waals surface area contributed by atoms with E-state index in [9.17, 15) is 0 Å². The zero-order chi connectivity index (χ0) is 20.4. The molecule has 0 unspecified atom stereocenters. The van der Waals surface area contributed by atoms with Crippen molar-refractivity contribution in [2.45, 2.75) is 25.4 Å². The summed E-state index contributed by atoms with van der Waals surface area (Å²) in [6, 6.07) is 11.5. The first-order chi connectivity index (χ1) is 14.2. The Kier molecular flexibility index (Phi) is 5.44. The highest BCUT2D eigenvalue weighted by atomic mass is 35.5. The number of rotatable bonds is 6. The van der Waals surface area contributed by atoms with Crippen LogP contribution in [0.25, 0.3) is 0 Å². The van der Waals surface area contributed by atoms with E-state index in [-0.39, 0.29) is 12.1 Å². The molecule has 3 aromatic rings. The van der Waals surface area contributed by atoms with Gasteiger partial charge in [-0.2, -0.15) is 0 Å². The molecule has 152 valence electrons. The molecule has 1 aliphatic heterocycles. The Hall–Kier alpha value is -3.00. The Balaban J connectivity index is 1.73. The Bertz CT molecular complexity index is 1010. The second-order valence-electron chi connectivity index (χ2n) is 6.60. The second kappa shape index (κ2) is 8.16. The van der Waals surface area contributed by atoms with Crippen LogP contribution in [0.2, 0.25) is 5.02 Å². The fraction of sp³-hybridized carbons (Fsp3) is 0.350. The largest absolute Gasteiger partial charge is 0.493 e. The maximum Gasteiger partial charge on any atom is 0.243 e. The maximum absolute atomic E-state index is 6.41. The summed E-state index contributed by atoms with van der Waals surface area (Å²) in [4.78, 5) is 0. The SMILES string of the molecule is CCOc1ccc([C@@H]2C[C@@H](c3cccc(OC)c3OC)n3nnnc3N2)cc1Cl. The van der Waals surface area contributed by atoms with Gasteiger partial charge in [0.25, 0.3) is 0 Å². The van der Waals surface area contributed by atoms with Crippen molar-refractivity contribution in [2.24, 2.45) is 0 Å². The fourth-order valence-electron chi connectivity index (χ4n) is 3.70. The van der Waals surface area contributed by atoms with Crippen molar-refractivity contribution in [1.29, 1.82) is 0 Å². The third-order valence-corrected chi connectivity index (χ3v) is 5.30. The summed E-state index contributed by atoms with van der Waals surface area (Å²) < 4.78 is 18.4. The molecule has 0 spiro atoms. The van der Waals surface area contributed by atoms with Crippen molar-refractivity contribution in [3.05, 3.63) is 52.5 Å². The Morgan fingerprint density at radius 3 is 2.76 bits per heavy atom. The van der Waals surface area contributed by atoms with Gasteiger partial charge in [0.05, 0.1) is 37.9 Å². The maximum atomic E-state index is 6.41. The van der Waals surface area contributed by atoms with Gasteiger partial charge in [-0.05, 0) is 47.5 Å². The number of tetrazole rings is 1. The lowest BCUT2D eigenvalue weighted by molar-refractivity contribution is 0.338. The summed E-state index contributed by atoms with van der Waals surface area (Å²) in [5, 5.41) is 16.1. The van der Waals surface area contributed by atoms with E-state index in [1.807, 2.05) is 43.3 Å². The summed E-state index contributed by atoms with van der Waals surface area (Å²) in [5.41, 5.74) is 1.98. The molecule has 2 heterocycles. The minimum absolute atomic E-state index is 0.0393. The van der Waals surface area contributed by atoms with E-state index in [0.29, 0.717) is 41.2 Å². The van der Waals surface area contributed by atoms with Crippen molar-refractivity contribution in [2.75, 3.05) is 26.1 Å². The molecule has 4 rings (SSSR count). The molecule has 29 heavy (non-hydrogen) atoms. The van der Waals surface area contributed by atoms with Crippen LogP contribution in [0.5, 0.6) is 17.2 Å². The number of hydrogen-bond donors (Lipinski definition) is 1. The molecule has 9 heteroatoms. The van der Waals surface area contributed by atoms with Crippen molar-refractivity contribution >= 4 is 17.5 Å². The highest BCUT2D eigenvalue weighted by molar-refractivity contribution is 6.32. The number of methoxy groups -OCH3 is 2. The molecule has 2 aromatic carbocycles. The molecule has 0 bridgehead atoms. The first kappa shape index (κ1) is 19.3. The van der Waals surface area contributed by atoms with Crippen LogP contribution in [0.4, 0.5) is 5.95 Å². The number of nitrogens with zero attached hydrogens (tertiary/aromatic N) is 4. The van der Waals surface area contributed by atoms with Gasteiger partial charge < -0.3 is 19.5 Å². The molecular weight excluding hydrogens is 394 g/mol. The van der Waals surface area contributed by atoms with E-state index in [1.54, 1.807) is 18.9 Å². The van der Waals surface area contributed by atoms with Gasteiger partial charge in [-0.3, -0.25) is 0 Å². The van der Waals surface area contributed by atoms with E-state index in [2.05, 4.69) is 20.8 Å². The standard InChI is InChI=1S/C20H22ClN5O3/c1-4-29-17-9-8-12(10-14(17)21)15-11-16(26-20(22-15)23-24-25-26)13-6-5-7-18(27-2)19(13)28-3/h5-10,15-16H,4,11H2,1-3H3,(H,22,23,25)/t15-,16-/m0/s1. The van der Waals surface area contributed by atoms with E-state index in [4.69, 9.17) is 25.8 Å². The summed E-state index contributed by atoms with van der Waals surface area (Å²) >= 11 is 6.41. The summed E-state index contributed by atoms with van der Waals surface area (Å²) in [7, 11) is 3.25. The topological polar surface area (TPSA) is 83.3 Å². The summed E-state index contributed by atoms with van der Waals surface area (Å²) in [5.74, 6) is 2.59. The quantitative estimate of drug-likeness (QED) is 0.653. The molecule has 1 N–H and O–H groups in total. The first-order valence-electron chi connectivity index (χ1n) is 9.33. The average molecular weight is 416 g/mol. The minimum atomic E-state index is -0.137. The normalized spacial score (nSPS) is 17.9. The fourth-order valence-corrected chi connectivity index (χ4v) is 3.94. The molecule has 8 nitrogen and oxygen atoms in total. The smallest absolute Gasteiger partial charge is 0.243 e. The third kappa shape index (κ3) is 3.55. The number of ether oxygens (including phenoxy) is 3. The van der Waals surface area contributed by atoms with Gasteiger partial charge in [-0.25, -0.2) is 4.68 Å². The van der Waals surface area contributed by atoms with Crippen molar-refractivity contribution in [3.63, 3.8) is 0 Å². The van der Waals surface area contributed by atoms with Crippen molar-refractivity contribution in [1.82, 2.24) is 20.2 Å². The van der Waals surface area contributed by atoms with Crippen LogP contribution < -0.4 is 19.5 Å². The number of halogens is 1. The highest BCUT2D eigenvalue weighted by Crippen LogP contribution is 2.43. The predicted octanol–water partition coefficient (Wildman–Crippen LogP) is 3.89. The van der Waals surface area contributed by atoms with Gasteiger partial charge in [0.15, 0.2) is 11.5 Å². The number of para-hydroxylation sites is 1. The van der Waals surface area contributed by atoms with Crippen LogP contribution in [-0.2, 0) is 0 Å². The van der Waals surface area contributed by atoms with Crippen LogP contribution in [-0.4, -0.2) is 41.0 Å². The summed E-state index contributed by atoms with van der Waals surface area (Å²) in [6.45, 7) is 2.49. The number of benzene rings is 2. The molecule has 0 radical (unpaired) electrons. The third-order valence-electron chi connectivity index (χ3n) is 5.00. The average Bonchev–Trinajstić information content (AvgIpc) is 3.22. The van der Waals surface area contributed by atoms with Crippen LogP contribution in [0.3, 0.4) is 0 Å². The van der Waals surface area contributed by atoms with E-state index in [1.165, 1.54) is 0 Å². The Morgan fingerprint density at radius 1 is 1.17 bits per heavy atom. The molecule has 0 aliphatic carbocycles. The van der Waals surface area contributed by atoms with Gasteiger partial charge >= 0.3 is 0 Å². The zero-order valence-corrected chi connectivity index (χ0v) is 17.2. The first-order valence-corrected chi connectivity index (χ1v) is 9.71. The van der Waals surface area contributed by atoms with Gasteiger partial charge in [-0.1, -0.05) is 34.9 Å². The van der Waals surface area contributed by atoms with Crippen LogP contribution in [0.15, 0.2) is 36.4 Å². The Labute approximate surface area is 173 Å². The molecular formula is C20H22ClN5O3. The van der Waals surface area contributed by atoms with Crippen LogP contribution in [0, 0.1) is 0 Å².